The maximum absolute atomic E-state index is 6.06. The van der Waals surface area contributed by atoms with Gasteiger partial charge in [0, 0.05) is 36.0 Å². The van der Waals surface area contributed by atoms with Gasteiger partial charge in [-0.15, -0.1) is 0 Å². The highest BCUT2D eigenvalue weighted by molar-refractivity contribution is 6.35. The number of rotatable bonds is 3. The first kappa shape index (κ1) is 11.3. The number of nitrogens with zero attached hydrogens (tertiary/aromatic N) is 2. The summed E-state index contributed by atoms with van der Waals surface area (Å²) in [6, 6.07) is 5.46. The number of nitrogens with one attached hydrogen (secondary N) is 1. The molecule has 0 atom stereocenters. The summed E-state index contributed by atoms with van der Waals surface area (Å²) in [6.07, 6.45) is 3.62. The molecule has 0 unspecified atom stereocenters. The van der Waals surface area contributed by atoms with Crippen molar-refractivity contribution in [2.24, 2.45) is 7.05 Å². The molecule has 1 aromatic heterocycles. The zero-order valence-corrected chi connectivity index (χ0v) is 10.3. The third-order valence-corrected chi connectivity index (χ3v) is 2.86. The summed E-state index contributed by atoms with van der Waals surface area (Å²) in [4.78, 5) is 4.16. The van der Waals surface area contributed by atoms with Crippen LogP contribution in [0.3, 0.4) is 0 Å². The monoisotopic (exact) mass is 255 g/mol. The Kier molecular flexibility index (Phi) is 3.36. The van der Waals surface area contributed by atoms with Crippen LogP contribution in [-0.2, 0) is 13.6 Å². The van der Waals surface area contributed by atoms with Gasteiger partial charge in [-0.25, -0.2) is 4.98 Å². The van der Waals surface area contributed by atoms with Crippen LogP contribution in [0.4, 0.5) is 5.95 Å². The Morgan fingerprint density at radius 1 is 1.38 bits per heavy atom. The van der Waals surface area contributed by atoms with Crippen molar-refractivity contribution < 1.29 is 0 Å². The van der Waals surface area contributed by atoms with Crippen molar-refractivity contribution in [1.29, 1.82) is 0 Å². The van der Waals surface area contributed by atoms with Crippen LogP contribution in [0.25, 0.3) is 0 Å². The number of benzene rings is 1. The van der Waals surface area contributed by atoms with Gasteiger partial charge in [-0.3, -0.25) is 0 Å². The molecule has 3 nitrogen and oxygen atoms in total. The second-order valence-corrected chi connectivity index (χ2v) is 4.29. The molecule has 1 N–H and O–H groups in total. The van der Waals surface area contributed by atoms with Gasteiger partial charge in [-0.05, 0) is 17.7 Å². The van der Waals surface area contributed by atoms with Crippen LogP contribution in [0.2, 0.25) is 10.0 Å². The summed E-state index contributed by atoms with van der Waals surface area (Å²) < 4.78 is 1.91. The molecular weight excluding hydrogens is 245 g/mol. The lowest BCUT2D eigenvalue weighted by Gasteiger charge is -2.07. The molecule has 0 aliphatic carbocycles. The first-order chi connectivity index (χ1) is 7.66. The Morgan fingerprint density at radius 2 is 2.19 bits per heavy atom. The minimum absolute atomic E-state index is 0.626. The van der Waals surface area contributed by atoms with Gasteiger partial charge in [0.25, 0.3) is 0 Å². The zero-order valence-electron chi connectivity index (χ0n) is 8.74. The van der Waals surface area contributed by atoms with Crippen LogP contribution in [-0.4, -0.2) is 9.55 Å². The third-order valence-electron chi connectivity index (χ3n) is 2.27. The lowest BCUT2D eigenvalue weighted by Crippen LogP contribution is -2.05. The van der Waals surface area contributed by atoms with Gasteiger partial charge in [0.1, 0.15) is 0 Å². The molecule has 0 fully saturated rings. The molecule has 2 rings (SSSR count). The van der Waals surface area contributed by atoms with E-state index in [9.17, 15) is 0 Å². The van der Waals surface area contributed by atoms with Gasteiger partial charge in [0.15, 0.2) is 0 Å². The van der Waals surface area contributed by atoms with Crippen LogP contribution in [0.15, 0.2) is 30.6 Å². The number of halogens is 2. The van der Waals surface area contributed by atoms with Crippen LogP contribution >= 0.6 is 23.2 Å². The van der Waals surface area contributed by atoms with Gasteiger partial charge in [0.2, 0.25) is 5.95 Å². The van der Waals surface area contributed by atoms with Crippen molar-refractivity contribution in [3.05, 3.63) is 46.2 Å². The Hall–Kier alpha value is -1.19. The van der Waals surface area contributed by atoms with E-state index in [4.69, 9.17) is 23.2 Å². The molecule has 0 aliphatic heterocycles. The highest BCUT2D eigenvalue weighted by atomic mass is 35.5. The molecule has 0 radical (unpaired) electrons. The van der Waals surface area contributed by atoms with E-state index in [2.05, 4.69) is 10.3 Å². The van der Waals surface area contributed by atoms with E-state index in [1.54, 1.807) is 12.3 Å². The lowest BCUT2D eigenvalue weighted by atomic mass is 10.2. The molecule has 0 saturated heterocycles. The average Bonchev–Trinajstić information content (AvgIpc) is 2.63. The van der Waals surface area contributed by atoms with Crippen LogP contribution in [0.1, 0.15) is 5.56 Å². The standard InChI is InChI=1S/C11H11Cl2N3/c1-16-5-4-14-11(16)15-7-8-2-3-9(12)6-10(8)13/h2-6H,7H2,1H3,(H,14,15). The highest BCUT2D eigenvalue weighted by Gasteiger charge is 2.02. The van der Waals surface area contributed by atoms with E-state index < -0.39 is 0 Å². The van der Waals surface area contributed by atoms with Crippen molar-refractivity contribution in [2.45, 2.75) is 6.54 Å². The van der Waals surface area contributed by atoms with Crippen molar-refractivity contribution in [2.75, 3.05) is 5.32 Å². The fourth-order valence-corrected chi connectivity index (χ4v) is 1.85. The molecule has 1 heterocycles. The number of hydrogen-bond acceptors (Lipinski definition) is 2. The summed E-state index contributed by atoms with van der Waals surface area (Å²) in [5, 5.41) is 4.50. The maximum Gasteiger partial charge on any atom is 0.202 e. The van der Waals surface area contributed by atoms with Gasteiger partial charge < -0.3 is 9.88 Å². The maximum atomic E-state index is 6.06. The Morgan fingerprint density at radius 3 is 2.81 bits per heavy atom. The summed E-state index contributed by atoms with van der Waals surface area (Å²) in [6.45, 7) is 0.626. The van der Waals surface area contributed by atoms with E-state index in [0.29, 0.717) is 16.6 Å². The summed E-state index contributed by atoms with van der Waals surface area (Å²) in [7, 11) is 1.93. The minimum Gasteiger partial charge on any atom is -0.352 e. The summed E-state index contributed by atoms with van der Waals surface area (Å²) >= 11 is 11.9. The predicted molar refractivity (Wildman–Crippen MR) is 67.0 cm³/mol. The molecule has 2 aromatic rings. The van der Waals surface area contributed by atoms with E-state index in [1.165, 1.54) is 0 Å². The van der Waals surface area contributed by atoms with Gasteiger partial charge in [-0.1, -0.05) is 29.3 Å². The van der Waals surface area contributed by atoms with Gasteiger partial charge >= 0.3 is 0 Å². The first-order valence-electron chi connectivity index (χ1n) is 4.82. The van der Waals surface area contributed by atoms with Crippen LogP contribution in [0, 0.1) is 0 Å². The van der Waals surface area contributed by atoms with Crippen LogP contribution in [0.5, 0.6) is 0 Å². The molecule has 1 aromatic carbocycles. The summed E-state index contributed by atoms with van der Waals surface area (Å²) in [5.74, 6) is 0.811. The van der Waals surface area contributed by atoms with Gasteiger partial charge in [-0.2, -0.15) is 0 Å². The predicted octanol–water partition coefficient (Wildman–Crippen LogP) is 3.34. The van der Waals surface area contributed by atoms with Crippen LogP contribution < -0.4 is 5.32 Å². The first-order valence-corrected chi connectivity index (χ1v) is 5.57. The Bertz CT molecular complexity index is 494. The van der Waals surface area contributed by atoms with E-state index in [0.717, 1.165) is 11.5 Å². The third kappa shape index (κ3) is 2.49. The molecule has 16 heavy (non-hydrogen) atoms. The van der Waals surface area contributed by atoms with E-state index in [-0.39, 0.29) is 0 Å². The number of aryl methyl sites for hydroxylation is 1. The number of hydrogen-bond donors (Lipinski definition) is 1. The Labute approximate surface area is 104 Å². The second-order valence-electron chi connectivity index (χ2n) is 3.45. The molecular formula is C11H11Cl2N3. The normalized spacial score (nSPS) is 10.4. The molecule has 5 heteroatoms. The quantitative estimate of drug-likeness (QED) is 0.912. The topological polar surface area (TPSA) is 29.9 Å². The van der Waals surface area contributed by atoms with Gasteiger partial charge in [0.05, 0.1) is 0 Å². The zero-order chi connectivity index (χ0) is 11.5. The molecule has 84 valence electrons. The van der Waals surface area contributed by atoms with Crippen molar-refractivity contribution in [3.8, 4) is 0 Å². The lowest BCUT2D eigenvalue weighted by molar-refractivity contribution is 0.900. The van der Waals surface area contributed by atoms with E-state index >= 15 is 0 Å². The molecule has 0 amide bonds. The molecule has 0 bridgehead atoms. The van der Waals surface area contributed by atoms with Crippen molar-refractivity contribution in [1.82, 2.24) is 9.55 Å². The van der Waals surface area contributed by atoms with Crippen molar-refractivity contribution in [3.63, 3.8) is 0 Å². The second kappa shape index (κ2) is 4.76. The fraction of sp³-hybridized carbons (Fsp3) is 0.182. The molecule has 0 aliphatic rings. The summed E-state index contributed by atoms with van der Waals surface area (Å²) in [5.41, 5.74) is 0.995. The number of imidazole rings is 1. The number of anilines is 1. The molecule has 0 spiro atoms. The van der Waals surface area contributed by atoms with E-state index in [1.807, 2.05) is 29.9 Å². The highest BCUT2D eigenvalue weighted by Crippen LogP contribution is 2.21. The largest absolute Gasteiger partial charge is 0.352 e. The SMILES string of the molecule is Cn1ccnc1NCc1ccc(Cl)cc1Cl. The minimum atomic E-state index is 0.626. The fourth-order valence-electron chi connectivity index (χ4n) is 1.38. The molecule has 0 saturated carbocycles. The Balaban J connectivity index is 2.08. The smallest absolute Gasteiger partial charge is 0.202 e. The average molecular weight is 256 g/mol. The van der Waals surface area contributed by atoms with Crippen molar-refractivity contribution >= 4 is 29.2 Å². The number of aromatic nitrogens is 2.